The number of carbonyl (C=O) groups excluding carboxylic acids is 1. The number of aromatic nitrogens is 2. The zero-order valence-corrected chi connectivity index (χ0v) is 15.0. The number of hydrogen-bond acceptors (Lipinski definition) is 5. The second kappa shape index (κ2) is 6.63. The third kappa shape index (κ3) is 3.61. The fraction of sp³-hybridized carbons (Fsp3) is 0.471. The molecule has 0 bridgehead atoms. The maximum absolute atomic E-state index is 13.6. The Hall–Kier alpha value is -2.15. The number of carbonyl (C=O) groups is 1. The minimum Gasteiger partial charge on any atom is -0.478 e. The summed E-state index contributed by atoms with van der Waals surface area (Å²) in [7, 11) is 0. The van der Waals surface area contributed by atoms with Crippen molar-refractivity contribution in [1.82, 2.24) is 15.0 Å². The predicted molar refractivity (Wildman–Crippen MR) is 88.8 cm³/mol. The van der Waals surface area contributed by atoms with E-state index in [2.05, 4.69) is 10.1 Å². The molecule has 3 rings (SSSR count). The molecular formula is C17H19ClFN3O3. The van der Waals surface area contributed by atoms with Crippen LogP contribution in [0.25, 0.3) is 0 Å². The molecule has 1 aliphatic rings. The molecular weight excluding hydrogens is 349 g/mol. The van der Waals surface area contributed by atoms with Crippen LogP contribution in [0.1, 0.15) is 44.4 Å². The van der Waals surface area contributed by atoms with Crippen LogP contribution in [0, 0.1) is 12.7 Å². The van der Waals surface area contributed by atoms with Crippen LogP contribution in [-0.2, 0) is 4.79 Å². The molecule has 2 heterocycles. The average molecular weight is 368 g/mol. The molecule has 2 aromatic rings. The lowest BCUT2D eigenvalue weighted by Gasteiger charge is -2.32. The summed E-state index contributed by atoms with van der Waals surface area (Å²) >= 11 is 5.68. The van der Waals surface area contributed by atoms with Crippen molar-refractivity contribution < 1.29 is 18.4 Å². The van der Waals surface area contributed by atoms with Crippen LogP contribution in [0.4, 0.5) is 4.39 Å². The smallest absolute Gasteiger partial charge is 0.266 e. The van der Waals surface area contributed by atoms with Gasteiger partial charge in [-0.2, -0.15) is 4.98 Å². The maximum Gasteiger partial charge on any atom is 0.266 e. The van der Waals surface area contributed by atoms with Crippen molar-refractivity contribution in [2.75, 3.05) is 6.54 Å². The van der Waals surface area contributed by atoms with Crippen molar-refractivity contribution in [2.45, 2.75) is 45.3 Å². The molecule has 134 valence electrons. The quantitative estimate of drug-likeness (QED) is 0.824. The lowest BCUT2D eigenvalue weighted by Crippen LogP contribution is -2.48. The molecule has 1 saturated heterocycles. The van der Waals surface area contributed by atoms with Gasteiger partial charge in [-0.05, 0) is 45.7 Å². The van der Waals surface area contributed by atoms with Gasteiger partial charge in [0.2, 0.25) is 5.89 Å². The summed E-state index contributed by atoms with van der Waals surface area (Å²) in [6.45, 7) is 5.61. The van der Waals surface area contributed by atoms with Gasteiger partial charge in [-0.3, -0.25) is 4.79 Å². The number of ether oxygens (including phenoxy) is 1. The van der Waals surface area contributed by atoms with Crippen LogP contribution in [0.5, 0.6) is 5.75 Å². The van der Waals surface area contributed by atoms with Gasteiger partial charge in [0.25, 0.3) is 5.91 Å². The largest absolute Gasteiger partial charge is 0.478 e. The Kier molecular flexibility index (Phi) is 4.69. The van der Waals surface area contributed by atoms with Crippen LogP contribution in [0.15, 0.2) is 22.7 Å². The summed E-state index contributed by atoms with van der Waals surface area (Å²) in [5.74, 6) is 0.381. The number of rotatable bonds is 4. The summed E-state index contributed by atoms with van der Waals surface area (Å²) < 4.78 is 24.6. The lowest BCUT2D eigenvalue weighted by molar-refractivity contribution is -0.147. The normalized spacial score (nSPS) is 17.8. The van der Waals surface area contributed by atoms with Crippen molar-refractivity contribution in [3.63, 3.8) is 0 Å². The molecule has 1 aromatic carbocycles. The lowest BCUT2D eigenvalue weighted by atomic mass is 10.1. The average Bonchev–Trinajstić information content (AvgIpc) is 3.18. The van der Waals surface area contributed by atoms with Gasteiger partial charge in [-0.25, -0.2) is 4.39 Å². The molecule has 1 aromatic heterocycles. The van der Waals surface area contributed by atoms with Gasteiger partial charge in [-0.1, -0.05) is 16.8 Å². The number of aryl methyl sites for hydroxylation is 1. The first-order valence-corrected chi connectivity index (χ1v) is 8.41. The van der Waals surface area contributed by atoms with Crippen LogP contribution in [0.3, 0.4) is 0 Å². The molecule has 8 heteroatoms. The minimum atomic E-state index is -1.18. The Morgan fingerprint density at radius 2 is 2.24 bits per heavy atom. The zero-order valence-electron chi connectivity index (χ0n) is 14.3. The van der Waals surface area contributed by atoms with E-state index in [4.69, 9.17) is 20.9 Å². The third-order valence-corrected chi connectivity index (χ3v) is 4.43. The molecule has 1 aliphatic heterocycles. The number of halogens is 2. The van der Waals surface area contributed by atoms with Crippen LogP contribution < -0.4 is 4.74 Å². The van der Waals surface area contributed by atoms with E-state index in [1.807, 2.05) is 0 Å². The van der Waals surface area contributed by atoms with Gasteiger partial charge < -0.3 is 14.2 Å². The fourth-order valence-corrected chi connectivity index (χ4v) is 3.06. The van der Waals surface area contributed by atoms with Gasteiger partial charge in [0.05, 0.1) is 5.02 Å². The van der Waals surface area contributed by atoms with Gasteiger partial charge in [0.15, 0.2) is 11.4 Å². The Morgan fingerprint density at radius 1 is 1.48 bits per heavy atom. The Morgan fingerprint density at radius 3 is 2.88 bits per heavy atom. The summed E-state index contributed by atoms with van der Waals surface area (Å²) in [6.07, 6.45) is 1.59. The third-order valence-electron chi connectivity index (χ3n) is 4.12. The highest BCUT2D eigenvalue weighted by molar-refractivity contribution is 6.30. The number of benzene rings is 1. The predicted octanol–water partition coefficient (Wildman–Crippen LogP) is 3.69. The molecule has 1 atom stereocenters. The number of nitrogens with zero attached hydrogens (tertiary/aromatic N) is 3. The molecule has 25 heavy (non-hydrogen) atoms. The molecule has 0 unspecified atom stereocenters. The summed E-state index contributed by atoms with van der Waals surface area (Å²) in [4.78, 5) is 18.9. The van der Waals surface area contributed by atoms with Gasteiger partial charge in [-0.15, -0.1) is 0 Å². The molecule has 0 saturated carbocycles. The highest BCUT2D eigenvalue weighted by Gasteiger charge is 2.42. The Balaban J connectivity index is 1.78. The van der Waals surface area contributed by atoms with E-state index in [-0.39, 0.29) is 22.7 Å². The van der Waals surface area contributed by atoms with E-state index in [1.165, 1.54) is 18.2 Å². The van der Waals surface area contributed by atoms with E-state index in [1.54, 1.807) is 25.7 Å². The van der Waals surface area contributed by atoms with Crippen LogP contribution in [-0.4, -0.2) is 33.1 Å². The number of amides is 1. The molecule has 0 radical (unpaired) electrons. The Bertz CT molecular complexity index is 793. The topological polar surface area (TPSA) is 68.5 Å². The van der Waals surface area contributed by atoms with E-state index in [0.717, 1.165) is 12.8 Å². The summed E-state index contributed by atoms with van der Waals surface area (Å²) in [5.41, 5.74) is -1.18. The second-order valence-corrected chi connectivity index (χ2v) is 6.93. The zero-order chi connectivity index (χ0) is 18.2. The minimum absolute atomic E-state index is 0.00264. The standard InChI is InChI=1S/C17H19ClFN3O3/c1-10-20-15(25-21-10)14-5-4-8-22(14)16(23)17(2,3)24-11-6-7-12(18)13(19)9-11/h6-7,9,14H,4-5,8H2,1-3H3/t14-/m0/s1. The van der Waals surface area contributed by atoms with Crippen molar-refractivity contribution in [3.8, 4) is 5.75 Å². The van der Waals surface area contributed by atoms with Crippen LogP contribution >= 0.6 is 11.6 Å². The Labute approximate surface area is 149 Å². The second-order valence-electron chi connectivity index (χ2n) is 6.52. The number of likely N-dealkylation sites (tertiary alicyclic amines) is 1. The highest BCUT2D eigenvalue weighted by Crippen LogP contribution is 2.34. The van der Waals surface area contributed by atoms with Gasteiger partial charge in [0, 0.05) is 12.6 Å². The molecule has 1 fully saturated rings. The summed E-state index contributed by atoms with van der Waals surface area (Å²) in [6, 6.07) is 3.83. The molecule has 0 N–H and O–H groups in total. The van der Waals surface area contributed by atoms with E-state index >= 15 is 0 Å². The van der Waals surface area contributed by atoms with Crippen molar-refractivity contribution in [2.24, 2.45) is 0 Å². The van der Waals surface area contributed by atoms with E-state index < -0.39 is 11.4 Å². The van der Waals surface area contributed by atoms with E-state index in [9.17, 15) is 9.18 Å². The molecule has 0 aliphatic carbocycles. The van der Waals surface area contributed by atoms with Crippen molar-refractivity contribution in [1.29, 1.82) is 0 Å². The van der Waals surface area contributed by atoms with E-state index in [0.29, 0.717) is 18.3 Å². The SMILES string of the molecule is Cc1noc([C@@H]2CCCN2C(=O)C(C)(C)Oc2ccc(Cl)c(F)c2)n1. The molecule has 0 spiro atoms. The first-order chi connectivity index (χ1) is 11.8. The monoisotopic (exact) mass is 367 g/mol. The van der Waals surface area contributed by atoms with Gasteiger partial charge in [0.1, 0.15) is 17.6 Å². The number of hydrogen-bond donors (Lipinski definition) is 0. The van der Waals surface area contributed by atoms with Crippen molar-refractivity contribution >= 4 is 17.5 Å². The first-order valence-electron chi connectivity index (χ1n) is 8.03. The van der Waals surface area contributed by atoms with Crippen LogP contribution in [0.2, 0.25) is 5.02 Å². The summed E-state index contributed by atoms with van der Waals surface area (Å²) in [5, 5.41) is 3.80. The molecule has 1 amide bonds. The van der Waals surface area contributed by atoms with Crippen molar-refractivity contribution in [3.05, 3.63) is 40.8 Å². The molecule has 6 nitrogen and oxygen atoms in total. The fourth-order valence-electron chi connectivity index (χ4n) is 2.94. The maximum atomic E-state index is 13.6. The van der Waals surface area contributed by atoms with Gasteiger partial charge >= 0.3 is 0 Å². The highest BCUT2D eigenvalue weighted by atomic mass is 35.5. The first kappa shape index (κ1) is 17.7.